The molecule has 0 radical (unpaired) electrons. The lowest BCUT2D eigenvalue weighted by atomic mass is 9.82. The lowest BCUT2D eigenvalue weighted by Gasteiger charge is -2.49. The van der Waals surface area contributed by atoms with Crippen molar-refractivity contribution in [1.29, 1.82) is 0 Å². The number of urea groups is 2. The van der Waals surface area contributed by atoms with E-state index in [0.717, 1.165) is 47.5 Å². The normalized spacial score (nSPS) is 22.9. The zero-order valence-corrected chi connectivity index (χ0v) is 41.3. The highest BCUT2D eigenvalue weighted by Gasteiger charge is 2.50. The number of hydrogen-bond donors (Lipinski definition) is 5. The number of nitrogens with one attached hydrogen (secondary N) is 5. The fraction of sp³-hybridized carbons (Fsp3) is 0.423. The van der Waals surface area contributed by atoms with Crippen LogP contribution in [0.5, 0.6) is 17.2 Å². The Hall–Kier alpha value is -6.92. The summed E-state index contributed by atoms with van der Waals surface area (Å²) in [6, 6.07) is 16.6. The molecule has 23 heteroatoms. The first-order valence-corrected chi connectivity index (χ1v) is 23.8. The summed E-state index contributed by atoms with van der Waals surface area (Å²) in [5.74, 6) is 0.0147. The summed E-state index contributed by atoms with van der Waals surface area (Å²) >= 11 is 0. The molecule has 0 bridgehead atoms. The van der Waals surface area contributed by atoms with E-state index in [1.54, 1.807) is 50.2 Å². The zero-order chi connectivity index (χ0) is 54.0. The van der Waals surface area contributed by atoms with Crippen molar-refractivity contribution in [3.8, 4) is 17.2 Å². The monoisotopic (exact) mass is 1060 g/mol. The van der Waals surface area contributed by atoms with Gasteiger partial charge in [-0.1, -0.05) is 50.2 Å². The molecule has 5 N–H and O–H groups in total. The summed E-state index contributed by atoms with van der Waals surface area (Å²) in [5.41, 5.74) is -2.98. The molecule has 9 atom stereocenters. The van der Waals surface area contributed by atoms with Gasteiger partial charge < -0.3 is 64.5 Å². The second kappa shape index (κ2) is 24.6. The molecular formula is C52H57F6N5O12. The van der Waals surface area contributed by atoms with Gasteiger partial charge in [0.25, 0.3) is 10.9 Å². The lowest BCUT2D eigenvalue weighted by molar-refractivity contribution is -0.274. The van der Waals surface area contributed by atoms with Crippen molar-refractivity contribution in [1.82, 2.24) is 10.6 Å². The van der Waals surface area contributed by atoms with E-state index >= 15 is 0 Å². The minimum Gasteiger partial charge on any atom is -0.497 e. The average molecular weight is 1060 g/mol. The van der Waals surface area contributed by atoms with Gasteiger partial charge in [0.1, 0.15) is 29.4 Å². The third-order valence-electron chi connectivity index (χ3n) is 12.9. The molecule has 0 aliphatic carbocycles. The fourth-order valence-corrected chi connectivity index (χ4v) is 8.65. The number of carbonyl (C=O) groups excluding carboxylic acids is 2. The number of hydrogen-bond acceptors (Lipinski definition) is 13. The summed E-state index contributed by atoms with van der Waals surface area (Å²) in [4.78, 5) is 53.9. The summed E-state index contributed by atoms with van der Waals surface area (Å²) in [6.07, 6.45) is -14.1. The molecule has 75 heavy (non-hydrogen) atoms. The number of halogens is 6. The predicted octanol–water partition coefficient (Wildman–Crippen LogP) is 8.11. The highest BCUT2D eigenvalue weighted by molar-refractivity contribution is 5.90. The van der Waals surface area contributed by atoms with Crippen molar-refractivity contribution < 1.29 is 73.8 Å². The van der Waals surface area contributed by atoms with Crippen LogP contribution in [0.2, 0.25) is 0 Å². The van der Waals surface area contributed by atoms with Gasteiger partial charge in [-0.3, -0.25) is 9.59 Å². The Labute approximate surface area is 427 Å². The molecule has 0 spiro atoms. The molecule has 0 aromatic heterocycles. The summed E-state index contributed by atoms with van der Waals surface area (Å²) in [6.45, 7) is 4.89. The Morgan fingerprint density at radius 2 is 1.19 bits per heavy atom. The second-order valence-corrected chi connectivity index (χ2v) is 17.9. The average Bonchev–Trinajstić information content (AvgIpc) is 3.38. The highest BCUT2D eigenvalue weighted by Crippen LogP contribution is 2.37. The molecule has 2 saturated heterocycles. The molecule has 4 amide bonds. The molecule has 2 aliphatic heterocycles. The number of ether oxygens (including phenoxy) is 8. The Bertz CT molecular complexity index is 2780. The van der Waals surface area contributed by atoms with Crippen molar-refractivity contribution in [2.45, 2.75) is 89.1 Å². The Morgan fingerprint density at radius 3 is 1.69 bits per heavy atom. The highest BCUT2D eigenvalue weighted by atomic mass is 19.4. The first-order chi connectivity index (χ1) is 35.8. The van der Waals surface area contributed by atoms with Crippen LogP contribution in [0.25, 0.3) is 0 Å². The molecule has 2 heterocycles. The van der Waals surface area contributed by atoms with Gasteiger partial charge >= 0.3 is 24.4 Å². The van der Waals surface area contributed by atoms with Crippen LogP contribution in [-0.2, 0) is 49.3 Å². The first kappa shape index (κ1) is 55.8. The molecule has 5 aromatic carbocycles. The van der Waals surface area contributed by atoms with Crippen molar-refractivity contribution in [2.75, 3.05) is 56.6 Å². The van der Waals surface area contributed by atoms with Gasteiger partial charge in [0, 0.05) is 11.4 Å². The predicted molar refractivity (Wildman–Crippen MR) is 262 cm³/mol. The maximum absolute atomic E-state index is 13.9. The maximum atomic E-state index is 13.9. The van der Waals surface area contributed by atoms with Crippen molar-refractivity contribution in [2.24, 2.45) is 11.8 Å². The van der Waals surface area contributed by atoms with Crippen LogP contribution in [0.15, 0.2) is 107 Å². The summed E-state index contributed by atoms with van der Waals surface area (Å²) < 4.78 is 131. The smallest absolute Gasteiger partial charge is 0.416 e. The maximum Gasteiger partial charge on any atom is 0.416 e. The van der Waals surface area contributed by atoms with Gasteiger partial charge in [0.05, 0.1) is 89.2 Å². The van der Waals surface area contributed by atoms with E-state index in [-0.39, 0.29) is 62.5 Å². The van der Waals surface area contributed by atoms with E-state index in [2.05, 4.69) is 26.6 Å². The second-order valence-electron chi connectivity index (χ2n) is 17.9. The number of methoxy groups -OCH3 is 2. The molecule has 4 unspecified atom stereocenters. The van der Waals surface area contributed by atoms with Crippen LogP contribution >= 0.6 is 0 Å². The lowest BCUT2D eigenvalue weighted by Crippen LogP contribution is -2.67. The summed E-state index contributed by atoms with van der Waals surface area (Å²) in [5, 5.41) is 13.5. The van der Waals surface area contributed by atoms with Crippen LogP contribution in [0.3, 0.4) is 0 Å². The van der Waals surface area contributed by atoms with E-state index in [1.165, 1.54) is 26.4 Å². The zero-order valence-electron chi connectivity index (χ0n) is 41.3. The first-order valence-electron chi connectivity index (χ1n) is 23.8. The number of alkyl halides is 6. The minimum absolute atomic E-state index is 0.00125. The molecule has 17 nitrogen and oxygen atoms in total. The Balaban J connectivity index is 1.24. The quantitative estimate of drug-likeness (QED) is 0.0370. The van der Waals surface area contributed by atoms with Crippen LogP contribution in [0.1, 0.15) is 43.0 Å². The molecular weight excluding hydrogens is 1000 g/mol. The number of anilines is 3. The largest absolute Gasteiger partial charge is 0.497 e. The van der Waals surface area contributed by atoms with Gasteiger partial charge in [-0.25, -0.2) is 9.59 Å². The topological polar surface area (TPSA) is 202 Å². The fourth-order valence-electron chi connectivity index (χ4n) is 8.65. The number of benzene rings is 4. The number of carbonyl (C=O) groups is 2. The van der Waals surface area contributed by atoms with Crippen molar-refractivity contribution in [3.05, 3.63) is 140 Å². The molecule has 404 valence electrons. The molecule has 5 aromatic rings. The standard InChI is InChI=1S/C52H57F6N5O12/c1-6-72-47-43(44(64)45(47)65)62-42-40(27-71-24-31-15-19-37(69-5)20-16-31)73-25-38(61-49(66)59-34-11-7-9-32(21-34)51(53,54)55)46(42)75-48-41(63-50(67)60-35-12-8-10-33(22-35)52(56,57)58)29(3)28(2)39(74-48)26-70-23-30-13-17-36(68-4)18-14-30/h7-22,28-29,38-42,46,48,62H,6,23-27H2,1-5H3,(H2,59,61,66)(H2,60,63,67)/t28-,29+,38?,39?,40?,41?,42+,46-,48+/m1/s1. The van der Waals surface area contributed by atoms with Gasteiger partial charge in [-0.15, -0.1) is 0 Å². The van der Waals surface area contributed by atoms with Crippen LogP contribution in [0.4, 0.5) is 53.0 Å². The van der Waals surface area contributed by atoms with Crippen LogP contribution < -0.4 is 51.7 Å². The number of amides is 4. The van der Waals surface area contributed by atoms with E-state index in [9.17, 15) is 45.5 Å². The van der Waals surface area contributed by atoms with Gasteiger partial charge in [0.2, 0.25) is 0 Å². The Kier molecular flexibility index (Phi) is 18.3. The molecule has 7 rings (SSSR count). The SMILES string of the molecule is CCOc1c(N[C@H]2C(COCc3ccc(OC)cc3)OCC(NC(=O)Nc3cccc(C(F)(F)F)c3)[C@H]2O[C@@H]2OC(COCc3ccc(OC)cc3)[C@H](C)[C@H](C)C2NC(=O)Nc2cccc(C(F)(F)F)c2)c(=O)c1=O. The molecule has 0 saturated carbocycles. The molecule has 2 fully saturated rings. The van der Waals surface area contributed by atoms with Gasteiger partial charge in [0.15, 0.2) is 12.0 Å². The van der Waals surface area contributed by atoms with Gasteiger partial charge in [-0.05, 0) is 90.6 Å². The third kappa shape index (κ3) is 14.3. The molecule has 2 aliphatic rings. The van der Waals surface area contributed by atoms with Crippen molar-refractivity contribution >= 4 is 29.1 Å². The van der Waals surface area contributed by atoms with E-state index in [0.29, 0.717) is 11.5 Å². The van der Waals surface area contributed by atoms with Crippen LogP contribution in [-0.4, -0.2) is 95.4 Å². The third-order valence-corrected chi connectivity index (χ3v) is 12.9. The minimum atomic E-state index is -4.73. The van der Waals surface area contributed by atoms with Gasteiger partial charge in [-0.2, -0.15) is 26.3 Å². The van der Waals surface area contributed by atoms with Crippen LogP contribution in [0, 0.1) is 11.8 Å². The number of rotatable bonds is 20. The van der Waals surface area contributed by atoms with Crippen molar-refractivity contribution in [3.63, 3.8) is 0 Å². The summed E-state index contributed by atoms with van der Waals surface area (Å²) in [7, 11) is 3.06. The Morgan fingerprint density at radius 1 is 0.667 bits per heavy atom. The van der Waals surface area contributed by atoms with E-state index < -0.39 is 101 Å². The van der Waals surface area contributed by atoms with E-state index in [4.69, 9.17) is 37.9 Å². The van der Waals surface area contributed by atoms with E-state index in [1.807, 2.05) is 19.1 Å².